The van der Waals surface area contributed by atoms with Crippen LogP contribution in [0.5, 0.6) is 5.75 Å². The minimum atomic E-state index is -0.808. The van der Waals surface area contributed by atoms with Gasteiger partial charge in [0.1, 0.15) is 17.6 Å². The lowest BCUT2D eigenvalue weighted by atomic mass is 9.91. The number of rotatable bonds is 6. The molecule has 2 aromatic carbocycles. The summed E-state index contributed by atoms with van der Waals surface area (Å²) in [5.41, 5.74) is 1.84. The Labute approximate surface area is 153 Å². The first-order chi connectivity index (χ1) is 12.6. The normalized spacial score (nSPS) is 19.1. The fourth-order valence-corrected chi connectivity index (χ4v) is 3.69. The first-order valence-corrected chi connectivity index (χ1v) is 9.07. The van der Waals surface area contributed by atoms with E-state index in [0.717, 1.165) is 29.7 Å². The van der Waals surface area contributed by atoms with Crippen LogP contribution in [0.15, 0.2) is 48.5 Å². The first kappa shape index (κ1) is 18.4. The van der Waals surface area contributed by atoms with Gasteiger partial charge in [0.25, 0.3) is 0 Å². The van der Waals surface area contributed by atoms with Gasteiger partial charge in [0.15, 0.2) is 0 Å². The fourth-order valence-electron chi connectivity index (χ4n) is 3.69. The molecule has 138 valence electrons. The minimum Gasteiger partial charge on any atom is -0.494 e. The van der Waals surface area contributed by atoms with Crippen molar-refractivity contribution in [1.82, 2.24) is 4.90 Å². The molecule has 0 amide bonds. The van der Waals surface area contributed by atoms with Crippen molar-refractivity contribution in [1.29, 1.82) is 0 Å². The molecule has 1 saturated heterocycles. The number of carboxylic acid groups (broad SMARTS) is 1. The van der Waals surface area contributed by atoms with Gasteiger partial charge in [-0.2, -0.15) is 0 Å². The van der Waals surface area contributed by atoms with Gasteiger partial charge in [-0.3, -0.25) is 9.69 Å². The molecule has 1 fully saturated rings. The second kappa shape index (κ2) is 8.32. The molecule has 0 spiro atoms. The molecule has 1 N–H and O–H groups in total. The van der Waals surface area contributed by atoms with Gasteiger partial charge < -0.3 is 9.84 Å². The molecule has 2 atom stereocenters. The van der Waals surface area contributed by atoms with E-state index < -0.39 is 12.0 Å². The molecule has 0 saturated carbocycles. The second-order valence-corrected chi connectivity index (χ2v) is 6.55. The Morgan fingerprint density at radius 1 is 1.23 bits per heavy atom. The van der Waals surface area contributed by atoms with Crippen molar-refractivity contribution in [2.45, 2.75) is 38.3 Å². The van der Waals surface area contributed by atoms with Crippen LogP contribution < -0.4 is 4.74 Å². The number of ether oxygens (including phenoxy) is 1. The summed E-state index contributed by atoms with van der Waals surface area (Å²) in [7, 11) is 0. The maximum atomic E-state index is 13.4. The van der Waals surface area contributed by atoms with E-state index in [0.29, 0.717) is 19.6 Å². The summed E-state index contributed by atoms with van der Waals surface area (Å²) < 4.78 is 19.1. The quantitative estimate of drug-likeness (QED) is 0.839. The number of likely N-dealkylation sites (tertiary alicyclic amines) is 1. The van der Waals surface area contributed by atoms with Gasteiger partial charge in [-0.05, 0) is 61.7 Å². The number of benzene rings is 2. The fraction of sp³-hybridized carbons (Fsp3) is 0.381. The highest BCUT2D eigenvalue weighted by molar-refractivity contribution is 5.73. The molecule has 0 aromatic heterocycles. The summed E-state index contributed by atoms with van der Waals surface area (Å²) in [6, 6.07) is 13.3. The topological polar surface area (TPSA) is 49.8 Å². The number of hydrogen-bond donors (Lipinski definition) is 1. The highest BCUT2D eigenvalue weighted by Gasteiger charge is 2.35. The van der Waals surface area contributed by atoms with Crippen molar-refractivity contribution in [3.8, 4) is 5.75 Å². The molecule has 3 rings (SSSR count). The van der Waals surface area contributed by atoms with E-state index in [1.165, 1.54) is 12.1 Å². The molecule has 0 bridgehead atoms. The van der Waals surface area contributed by atoms with E-state index in [1.54, 1.807) is 12.1 Å². The van der Waals surface area contributed by atoms with Crippen LogP contribution in [0.4, 0.5) is 4.39 Å². The van der Waals surface area contributed by atoms with E-state index in [-0.39, 0.29) is 11.9 Å². The van der Waals surface area contributed by atoms with Crippen LogP contribution in [0.1, 0.15) is 43.4 Å². The van der Waals surface area contributed by atoms with Crippen LogP contribution in [0.25, 0.3) is 0 Å². The molecular formula is C21H24FNO3. The maximum absolute atomic E-state index is 13.4. The van der Waals surface area contributed by atoms with Crippen molar-refractivity contribution < 1.29 is 19.0 Å². The van der Waals surface area contributed by atoms with Crippen LogP contribution in [0.2, 0.25) is 0 Å². The molecule has 4 nitrogen and oxygen atoms in total. The second-order valence-electron chi connectivity index (χ2n) is 6.55. The zero-order valence-corrected chi connectivity index (χ0v) is 14.9. The Bertz CT molecular complexity index is 747. The number of halogens is 1. The lowest BCUT2D eigenvalue weighted by Gasteiger charge is -2.39. The van der Waals surface area contributed by atoms with E-state index in [1.807, 2.05) is 36.1 Å². The maximum Gasteiger partial charge on any atom is 0.320 e. The van der Waals surface area contributed by atoms with Gasteiger partial charge in [-0.25, -0.2) is 4.39 Å². The smallest absolute Gasteiger partial charge is 0.320 e. The largest absolute Gasteiger partial charge is 0.494 e. The van der Waals surface area contributed by atoms with Gasteiger partial charge in [0.2, 0.25) is 0 Å². The number of aliphatic carboxylic acids is 1. The molecule has 0 aliphatic carbocycles. The lowest BCUT2D eigenvalue weighted by molar-refractivity contribution is -0.145. The zero-order valence-electron chi connectivity index (χ0n) is 14.9. The Kier molecular flexibility index (Phi) is 5.89. The van der Waals surface area contributed by atoms with Gasteiger partial charge in [0.05, 0.1) is 12.6 Å². The standard InChI is InChI=1S/C21H24FNO3/c1-2-26-18-7-5-6-16(14-18)20(15-9-11-17(22)12-10-15)23-13-4-3-8-19(23)21(24)25/h5-7,9-12,14,19-20H,2-4,8,13H2,1H3,(H,24,25). The van der Waals surface area contributed by atoms with E-state index >= 15 is 0 Å². The molecule has 5 heteroatoms. The first-order valence-electron chi connectivity index (χ1n) is 9.07. The van der Waals surface area contributed by atoms with E-state index in [2.05, 4.69) is 0 Å². The summed E-state index contributed by atoms with van der Waals surface area (Å²) in [5, 5.41) is 9.71. The number of hydrogen-bond acceptors (Lipinski definition) is 3. The predicted octanol–water partition coefficient (Wildman–Crippen LogP) is 4.25. The molecule has 1 aliphatic rings. The Morgan fingerprint density at radius 3 is 2.69 bits per heavy atom. The molecule has 2 unspecified atom stereocenters. The van der Waals surface area contributed by atoms with Crippen LogP contribution in [0, 0.1) is 5.82 Å². The van der Waals surface area contributed by atoms with Crippen LogP contribution in [0.3, 0.4) is 0 Å². The summed E-state index contributed by atoms with van der Waals surface area (Å²) in [4.78, 5) is 13.8. The number of piperidine rings is 1. The average Bonchev–Trinajstić information content (AvgIpc) is 2.64. The third-order valence-electron chi connectivity index (χ3n) is 4.83. The Morgan fingerprint density at radius 2 is 2.00 bits per heavy atom. The van der Waals surface area contributed by atoms with Gasteiger partial charge >= 0.3 is 5.97 Å². The zero-order chi connectivity index (χ0) is 18.5. The van der Waals surface area contributed by atoms with Crippen molar-refractivity contribution in [3.05, 3.63) is 65.5 Å². The van der Waals surface area contributed by atoms with Crippen LogP contribution in [-0.2, 0) is 4.79 Å². The molecule has 26 heavy (non-hydrogen) atoms. The molecule has 2 aromatic rings. The van der Waals surface area contributed by atoms with Crippen molar-refractivity contribution >= 4 is 5.97 Å². The van der Waals surface area contributed by atoms with Gasteiger partial charge in [-0.1, -0.05) is 30.7 Å². The lowest BCUT2D eigenvalue weighted by Crippen LogP contribution is -2.46. The molecule has 0 radical (unpaired) electrons. The van der Waals surface area contributed by atoms with Crippen molar-refractivity contribution in [2.24, 2.45) is 0 Å². The summed E-state index contributed by atoms with van der Waals surface area (Å²) >= 11 is 0. The van der Waals surface area contributed by atoms with Crippen LogP contribution >= 0.6 is 0 Å². The summed E-state index contributed by atoms with van der Waals surface area (Å²) in [6.07, 6.45) is 2.48. The average molecular weight is 357 g/mol. The van der Waals surface area contributed by atoms with E-state index in [9.17, 15) is 14.3 Å². The highest BCUT2D eigenvalue weighted by Crippen LogP contribution is 2.35. The summed E-state index contributed by atoms with van der Waals surface area (Å²) in [6.45, 7) is 3.18. The van der Waals surface area contributed by atoms with E-state index in [4.69, 9.17) is 4.74 Å². The molecule has 1 aliphatic heterocycles. The number of carbonyl (C=O) groups is 1. The molecule has 1 heterocycles. The Balaban J connectivity index is 2.05. The third-order valence-corrected chi connectivity index (χ3v) is 4.83. The number of carboxylic acids is 1. The molecular weight excluding hydrogens is 333 g/mol. The third kappa shape index (κ3) is 4.05. The highest BCUT2D eigenvalue weighted by atomic mass is 19.1. The van der Waals surface area contributed by atoms with Gasteiger partial charge in [-0.15, -0.1) is 0 Å². The SMILES string of the molecule is CCOc1cccc(C(c2ccc(F)cc2)N2CCCCC2C(=O)O)c1. The minimum absolute atomic E-state index is 0.252. The van der Waals surface area contributed by atoms with Crippen molar-refractivity contribution in [2.75, 3.05) is 13.2 Å². The predicted molar refractivity (Wildman–Crippen MR) is 97.8 cm³/mol. The Hall–Kier alpha value is -2.40. The van der Waals surface area contributed by atoms with Crippen molar-refractivity contribution in [3.63, 3.8) is 0 Å². The monoisotopic (exact) mass is 357 g/mol. The number of nitrogens with zero attached hydrogens (tertiary/aromatic N) is 1. The summed E-state index contributed by atoms with van der Waals surface area (Å²) in [5.74, 6) is -0.359. The van der Waals surface area contributed by atoms with Gasteiger partial charge in [0, 0.05) is 0 Å². The van der Waals surface area contributed by atoms with Crippen LogP contribution in [-0.4, -0.2) is 35.2 Å².